The zero-order valence-electron chi connectivity index (χ0n) is 13.9. The highest BCUT2D eigenvalue weighted by molar-refractivity contribution is 7.90. The first-order chi connectivity index (χ1) is 10.9. The molecule has 3 rings (SSSR count). The number of carbonyl (C=O) groups is 1. The molecule has 1 atom stereocenters. The molecular formula is C17H25ClN2O3S. The summed E-state index contributed by atoms with van der Waals surface area (Å²) >= 11 is 0. The summed E-state index contributed by atoms with van der Waals surface area (Å²) in [5.41, 5.74) is 0.565. The van der Waals surface area contributed by atoms with E-state index in [2.05, 4.69) is 5.32 Å². The molecule has 1 unspecified atom stereocenters. The Labute approximate surface area is 150 Å². The molecule has 1 aromatic rings. The molecular weight excluding hydrogens is 348 g/mol. The van der Waals surface area contributed by atoms with Gasteiger partial charge in [0.05, 0.1) is 4.90 Å². The maximum Gasteiger partial charge on any atom is 0.253 e. The van der Waals surface area contributed by atoms with Gasteiger partial charge in [0.25, 0.3) is 5.91 Å². The van der Waals surface area contributed by atoms with E-state index in [9.17, 15) is 13.2 Å². The Bertz CT molecular complexity index is 662. The molecule has 0 saturated carbocycles. The van der Waals surface area contributed by atoms with Crippen molar-refractivity contribution in [2.75, 3.05) is 25.9 Å². The van der Waals surface area contributed by atoms with Gasteiger partial charge in [-0.25, -0.2) is 8.42 Å². The number of carbonyl (C=O) groups excluding carboxylic acids is 1. The van der Waals surface area contributed by atoms with Crippen molar-refractivity contribution < 1.29 is 13.2 Å². The first-order valence-electron chi connectivity index (χ1n) is 8.28. The minimum Gasteiger partial charge on any atom is -0.339 e. The standard InChI is InChI=1S/C17H24N2O3S.ClH/c1-23(21,22)15-6-4-14(5-7-15)17(20)19-11-8-13(9-12-19)16-3-2-10-18-16;/h4-7,13,16,18H,2-3,8-12H2,1H3;1H. The van der Waals surface area contributed by atoms with Gasteiger partial charge < -0.3 is 10.2 Å². The third kappa shape index (κ3) is 4.29. The molecule has 2 saturated heterocycles. The molecule has 0 aromatic heterocycles. The van der Waals surface area contributed by atoms with Gasteiger partial charge in [-0.1, -0.05) is 0 Å². The second kappa shape index (κ2) is 7.85. The summed E-state index contributed by atoms with van der Waals surface area (Å²) in [5.74, 6) is 0.678. The first-order valence-corrected chi connectivity index (χ1v) is 10.2. The number of likely N-dealkylation sites (tertiary alicyclic amines) is 1. The van der Waals surface area contributed by atoms with E-state index in [1.54, 1.807) is 12.1 Å². The number of hydrogen-bond donors (Lipinski definition) is 1. The topological polar surface area (TPSA) is 66.5 Å². The lowest BCUT2D eigenvalue weighted by Crippen LogP contribution is -2.43. The van der Waals surface area contributed by atoms with E-state index in [-0.39, 0.29) is 23.2 Å². The van der Waals surface area contributed by atoms with Gasteiger partial charge in [-0.3, -0.25) is 4.79 Å². The summed E-state index contributed by atoms with van der Waals surface area (Å²) in [6.45, 7) is 2.70. The highest BCUT2D eigenvalue weighted by Crippen LogP contribution is 2.26. The van der Waals surface area contributed by atoms with Crippen molar-refractivity contribution in [1.29, 1.82) is 0 Å². The number of nitrogens with zero attached hydrogens (tertiary/aromatic N) is 1. The summed E-state index contributed by atoms with van der Waals surface area (Å²) in [5, 5.41) is 3.56. The Hall–Kier alpha value is -1.11. The van der Waals surface area contributed by atoms with Crippen LogP contribution in [0, 0.1) is 5.92 Å². The van der Waals surface area contributed by atoms with Crippen molar-refractivity contribution in [3.8, 4) is 0 Å². The summed E-state index contributed by atoms with van der Waals surface area (Å²) in [4.78, 5) is 14.7. The van der Waals surface area contributed by atoms with Gasteiger partial charge in [0, 0.05) is 31.0 Å². The smallest absolute Gasteiger partial charge is 0.253 e. The minimum atomic E-state index is -3.22. The molecule has 2 aliphatic rings. The van der Waals surface area contributed by atoms with Gasteiger partial charge in [0.15, 0.2) is 9.84 Å². The number of hydrogen-bond acceptors (Lipinski definition) is 4. The summed E-state index contributed by atoms with van der Waals surface area (Å²) < 4.78 is 23.0. The second-order valence-corrected chi connectivity index (χ2v) is 8.64. The Morgan fingerprint density at radius 1 is 1.12 bits per heavy atom. The lowest BCUT2D eigenvalue weighted by molar-refractivity contribution is 0.0674. The molecule has 1 amide bonds. The summed E-state index contributed by atoms with van der Waals surface area (Å²) in [6, 6.07) is 6.88. The fourth-order valence-corrected chi connectivity index (χ4v) is 4.28. The average Bonchev–Trinajstić information content (AvgIpc) is 3.08. The monoisotopic (exact) mass is 372 g/mol. The lowest BCUT2D eigenvalue weighted by atomic mass is 9.88. The number of sulfone groups is 1. The third-order valence-electron chi connectivity index (χ3n) is 5.02. The number of amides is 1. The molecule has 0 bridgehead atoms. The van der Waals surface area contributed by atoms with Gasteiger partial charge in [-0.2, -0.15) is 0 Å². The maximum atomic E-state index is 12.5. The molecule has 0 aliphatic carbocycles. The molecule has 0 radical (unpaired) electrons. The van der Waals surface area contributed by atoms with Gasteiger partial charge in [-0.15, -0.1) is 12.4 Å². The van der Waals surface area contributed by atoms with Crippen LogP contribution in [-0.2, 0) is 9.84 Å². The fraction of sp³-hybridized carbons (Fsp3) is 0.588. The molecule has 1 aromatic carbocycles. The predicted molar refractivity (Wildman–Crippen MR) is 96.5 cm³/mol. The van der Waals surface area contributed by atoms with Crippen LogP contribution < -0.4 is 5.32 Å². The van der Waals surface area contributed by atoms with Crippen LogP contribution in [0.4, 0.5) is 0 Å². The van der Waals surface area contributed by atoms with Crippen LogP contribution in [-0.4, -0.2) is 51.2 Å². The molecule has 2 fully saturated rings. The fourth-order valence-electron chi connectivity index (χ4n) is 3.65. The van der Waals surface area contributed by atoms with Crippen LogP contribution >= 0.6 is 12.4 Å². The predicted octanol–water partition coefficient (Wildman–Crippen LogP) is 2.12. The van der Waals surface area contributed by atoms with Crippen LogP contribution in [0.25, 0.3) is 0 Å². The van der Waals surface area contributed by atoms with E-state index < -0.39 is 9.84 Å². The highest BCUT2D eigenvalue weighted by atomic mass is 35.5. The summed E-state index contributed by atoms with van der Waals surface area (Å²) in [7, 11) is -3.22. The van der Waals surface area contributed by atoms with E-state index in [1.165, 1.54) is 31.2 Å². The zero-order valence-corrected chi connectivity index (χ0v) is 15.5. The zero-order chi connectivity index (χ0) is 16.4. The third-order valence-corrected chi connectivity index (χ3v) is 6.15. The number of rotatable bonds is 3. The normalized spacial score (nSPS) is 22.2. The average molecular weight is 373 g/mol. The molecule has 2 heterocycles. The van der Waals surface area contributed by atoms with Crippen LogP contribution in [0.1, 0.15) is 36.0 Å². The molecule has 24 heavy (non-hydrogen) atoms. The molecule has 7 heteroatoms. The van der Waals surface area contributed by atoms with Crippen molar-refractivity contribution >= 4 is 28.2 Å². The Morgan fingerprint density at radius 2 is 1.75 bits per heavy atom. The van der Waals surface area contributed by atoms with Crippen LogP contribution in [0.15, 0.2) is 29.2 Å². The molecule has 5 nitrogen and oxygen atoms in total. The van der Waals surface area contributed by atoms with E-state index in [0.717, 1.165) is 32.5 Å². The van der Waals surface area contributed by atoms with Crippen molar-refractivity contribution in [3.05, 3.63) is 29.8 Å². The Kier molecular flexibility index (Phi) is 6.28. The largest absolute Gasteiger partial charge is 0.339 e. The van der Waals surface area contributed by atoms with Crippen LogP contribution in [0.5, 0.6) is 0 Å². The molecule has 2 aliphatic heterocycles. The lowest BCUT2D eigenvalue weighted by Gasteiger charge is -2.35. The van der Waals surface area contributed by atoms with Crippen molar-refractivity contribution in [3.63, 3.8) is 0 Å². The Balaban J connectivity index is 0.00000208. The van der Waals surface area contributed by atoms with E-state index in [4.69, 9.17) is 0 Å². The van der Waals surface area contributed by atoms with Crippen molar-refractivity contribution in [1.82, 2.24) is 10.2 Å². The number of halogens is 1. The quantitative estimate of drug-likeness (QED) is 0.882. The second-order valence-electron chi connectivity index (χ2n) is 6.63. The summed E-state index contributed by atoms with van der Waals surface area (Å²) in [6.07, 6.45) is 5.78. The highest BCUT2D eigenvalue weighted by Gasteiger charge is 2.30. The molecule has 1 N–H and O–H groups in total. The maximum absolute atomic E-state index is 12.5. The number of nitrogens with one attached hydrogen (secondary N) is 1. The van der Waals surface area contributed by atoms with E-state index in [1.807, 2.05) is 4.90 Å². The Morgan fingerprint density at radius 3 is 2.25 bits per heavy atom. The van der Waals surface area contributed by atoms with Gasteiger partial charge >= 0.3 is 0 Å². The van der Waals surface area contributed by atoms with Gasteiger partial charge in [-0.05, 0) is 62.4 Å². The minimum absolute atomic E-state index is 0. The van der Waals surface area contributed by atoms with Crippen LogP contribution in [0.3, 0.4) is 0 Å². The van der Waals surface area contributed by atoms with Gasteiger partial charge in [0.2, 0.25) is 0 Å². The van der Waals surface area contributed by atoms with Crippen molar-refractivity contribution in [2.24, 2.45) is 5.92 Å². The van der Waals surface area contributed by atoms with Gasteiger partial charge in [0.1, 0.15) is 0 Å². The number of piperidine rings is 1. The first kappa shape index (κ1) is 19.2. The van der Waals surface area contributed by atoms with E-state index >= 15 is 0 Å². The van der Waals surface area contributed by atoms with Crippen LogP contribution in [0.2, 0.25) is 0 Å². The van der Waals surface area contributed by atoms with Crippen molar-refractivity contribution in [2.45, 2.75) is 36.6 Å². The SMILES string of the molecule is CS(=O)(=O)c1ccc(C(=O)N2CCC(C3CCCN3)CC2)cc1.Cl. The number of benzene rings is 1. The molecule has 134 valence electrons. The molecule has 0 spiro atoms. The van der Waals surface area contributed by atoms with E-state index in [0.29, 0.717) is 17.5 Å².